The minimum atomic E-state index is -0.0750. The van der Waals surface area contributed by atoms with Gasteiger partial charge < -0.3 is 10.6 Å². The number of carbonyl (C=O) groups is 1. The predicted octanol–water partition coefficient (Wildman–Crippen LogP) is 3.94. The highest BCUT2D eigenvalue weighted by Gasteiger charge is 2.02. The van der Waals surface area contributed by atoms with Crippen LogP contribution in [0.5, 0.6) is 0 Å². The first-order valence-electron chi connectivity index (χ1n) is 6.71. The Labute approximate surface area is 122 Å². The van der Waals surface area contributed by atoms with Crippen LogP contribution in [0.2, 0.25) is 0 Å². The normalized spacial score (nSPS) is 10.3. The van der Waals surface area contributed by atoms with E-state index < -0.39 is 0 Å². The quantitative estimate of drug-likeness (QED) is 0.762. The number of pyridine rings is 1. The fourth-order valence-corrected chi connectivity index (χ4v) is 2.20. The molecule has 0 atom stereocenters. The topological polar surface area (TPSA) is 54.0 Å². The first-order valence-corrected chi connectivity index (χ1v) is 6.71. The van der Waals surface area contributed by atoms with Crippen LogP contribution in [0, 0.1) is 0 Å². The molecule has 4 heteroatoms. The molecule has 0 aliphatic rings. The Kier molecular flexibility index (Phi) is 3.51. The minimum absolute atomic E-state index is 0.0750. The molecule has 21 heavy (non-hydrogen) atoms. The summed E-state index contributed by atoms with van der Waals surface area (Å²) in [4.78, 5) is 15.4. The average molecular weight is 277 g/mol. The van der Waals surface area contributed by atoms with E-state index in [4.69, 9.17) is 0 Å². The molecule has 0 unspecified atom stereocenters. The van der Waals surface area contributed by atoms with Crippen LogP contribution in [-0.2, 0) is 4.79 Å². The Morgan fingerprint density at radius 1 is 0.952 bits per heavy atom. The van der Waals surface area contributed by atoms with E-state index >= 15 is 0 Å². The zero-order valence-corrected chi connectivity index (χ0v) is 11.6. The molecule has 0 radical (unpaired) electrons. The number of rotatable bonds is 3. The van der Waals surface area contributed by atoms with Crippen molar-refractivity contribution in [2.45, 2.75) is 6.92 Å². The van der Waals surface area contributed by atoms with E-state index in [2.05, 4.69) is 15.6 Å². The minimum Gasteiger partial charge on any atom is -0.354 e. The number of carbonyl (C=O) groups excluding carboxylic acids is 1. The maximum Gasteiger partial charge on any atom is 0.221 e. The summed E-state index contributed by atoms with van der Waals surface area (Å²) in [5, 5.41) is 7.19. The van der Waals surface area contributed by atoms with E-state index in [1.54, 1.807) is 6.20 Å². The highest BCUT2D eigenvalue weighted by Crippen LogP contribution is 2.25. The third-order valence-electron chi connectivity index (χ3n) is 3.12. The van der Waals surface area contributed by atoms with Crippen molar-refractivity contribution >= 4 is 33.9 Å². The Balaban J connectivity index is 1.87. The van der Waals surface area contributed by atoms with Gasteiger partial charge in [-0.25, -0.2) is 0 Å². The average Bonchev–Trinajstić information content (AvgIpc) is 2.49. The van der Waals surface area contributed by atoms with Gasteiger partial charge in [0.15, 0.2) is 0 Å². The molecule has 3 rings (SSSR count). The highest BCUT2D eigenvalue weighted by atomic mass is 16.1. The van der Waals surface area contributed by atoms with Crippen LogP contribution in [0.4, 0.5) is 17.1 Å². The molecule has 1 aromatic heterocycles. The molecule has 4 nitrogen and oxygen atoms in total. The predicted molar refractivity (Wildman–Crippen MR) is 85.8 cm³/mol. The summed E-state index contributed by atoms with van der Waals surface area (Å²) in [5.74, 6) is -0.0750. The molecule has 1 amide bonds. The van der Waals surface area contributed by atoms with Crippen molar-refractivity contribution in [1.82, 2.24) is 4.98 Å². The molecule has 1 heterocycles. The van der Waals surface area contributed by atoms with E-state index in [1.165, 1.54) is 6.92 Å². The summed E-state index contributed by atoms with van der Waals surface area (Å²) in [5.41, 5.74) is 3.62. The first kappa shape index (κ1) is 13.1. The Morgan fingerprint density at radius 2 is 1.67 bits per heavy atom. The molecule has 0 saturated heterocycles. The molecule has 104 valence electrons. The van der Waals surface area contributed by atoms with Gasteiger partial charge in [0.2, 0.25) is 5.91 Å². The standard InChI is InChI=1S/C17H15N3O/c1-12(21)19-14-7-9-15(10-8-14)20-16-6-2-4-13-5-3-11-18-17(13)16/h2-11,20H,1H3,(H,19,21). The fraction of sp³-hybridized carbons (Fsp3) is 0.0588. The molecule has 0 fully saturated rings. The lowest BCUT2D eigenvalue weighted by Crippen LogP contribution is -2.05. The maximum atomic E-state index is 11.0. The van der Waals surface area contributed by atoms with Crippen LogP contribution >= 0.6 is 0 Å². The van der Waals surface area contributed by atoms with Crippen LogP contribution < -0.4 is 10.6 Å². The van der Waals surface area contributed by atoms with Crippen molar-refractivity contribution in [2.24, 2.45) is 0 Å². The summed E-state index contributed by atoms with van der Waals surface area (Å²) < 4.78 is 0. The number of nitrogens with zero attached hydrogens (tertiary/aromatic N) is 1. The number of nitrogens with one attached hydrogen (secondary N) is 2. The second-order valence-corrected chi connectivity index (χ2v) is 4.76. The van der Waals surface area contributed by atoms with Crippen LogP contribution in [0.25, 0.3) is 10.9 Å². The van der Waals surface area contributed by atoms with Crippen LogP contribution in [0.1, 0.15) is 6.92 Å². The molecule has 0 aliphatic carbocycles. The highest BCUT2D eigenvalue weighted by molar-refractivity contribution is 5.92. The molecule has 2 aromatic carbocycles. The summed E-state index contributed by atoms with van der Waals surface area (Å²) in [6.45, 7) is 1.49. The SMILES string of the molecule is CC(=O)Nc1ccc(Nc2cccc3cccnc23)cc1. The van der Waals surface area contributed by atoms with Crippen molar-refractivity contribution in [3.05, 3.63) is 60.8 Å². The van der Waals surface area contributed by atoms with Gasteiger partial charge in [-0.2, -0.15) is 0 Å². The van der Waals surface area contributed by atoms with Gasteiger partial charge in [-0.15, -0.1) is 0 Å². The number of amides is 1. The van der Waals surface area contributed by atoms with Gasteiger partial charge in [-0.05, 0) is 36.4 Å². The summed E-state index contributed by atoms with van der Waals surface area (Å²) in [6, 6.07) is 17.6. The zero-order valence-electron chi connectivity index (χ0n) is 11.6. The van der Waals surface area contributed by atoms with E-state index in [-0.39, 0.29) is 5.91 Å². The second kappa shape index (κ2) is 5.63. The summed E-state index contributed by atoms with van der Waals surface area (Å²) >= 11 is 0. The molecule has 0 spiro atoms. The van der Waals surface area contributed by atoms with E-state index in [0.717, 1.165) is 28.0 Å². The number of hydrogen-bond donors (Lipinski definition) is 2. The van der Waals surface area contributed by atoms with Gasteiger partial charge >= 0.3 is 0 Å². The van der Waals surface area contributed by atoms with Gasteiger partial charge in [0.05, 0.1) is 11.2 Å². The molecule has 2 N–H and O–H groups in total. The van der Waals surface area contributed by atoms with Gasteiger partial charge in [-0.1, -0.05) is 18.2 Å². The monoisotopic (exact) mass is 277 g/mol. The molecule has 0 aliphatic heterocycles. The summed E-state index contributed by atoms with van der Waals surface area (Å²) in [6.07, 6.45) is 1.79. The van der Waals surface area contributed by atoms with E-state index in [0.29, 0.717) is 0 Å². The van der Waals surface area contributed by atoms with Crippen molar-refractivity contribution in [3.8, 4) is 0 Å². The lowest BCUT2D eigenvalue weighted by Gasteiger charge is -2.10. The number of anilines is 3. The molecular formula is C17H15N3O. The van der Waals surface area contributed by atoms with Gasteiger partial charge in [0.25, 0.3) is 0 Å². The number of fused-ring (bicyclic) bond motifs is 1. The van der Waals surface area contributed by atoms with Crippen molar-refractivity contribution in [3.63, 3.8) is 0 Å². The Morgan fingerprint density at radius 3 is 2.43 bits per heavy atom. The number of hydrogen-bond acceptors (Lipinski definition) is 3. The lowest BCUT2D eigenvalue weighted by atomic mass is 10.2. The van der Waals surface area contributed by atoms with Crippen molar-refractivity contribution < 1.29 is 4.79 Å². The van der Waals surface area contributed by atoms with Crippen LogP contribution in [-0.4, -0.2) is 10.9 Å². The van der Waals surface area contributed by atoms with Gasteiger partial charge in [0.1, 0.15) is 0 Å². The molecule has 0 bridgehead atoms. The Bertz CT molecular complexity index is 776. The second-order valence-electron chi connectivity index (χ2n) is 4.76. The fourth-order valence-electron chi connectivity index (χ4n) is 2.20. The lowest BCUT2D eigenvalue weighted by molar-refractivity contribution is -0.114. The number of para-hydroxylation sites is 1. The third-order valence-corrected chi connectivity index (χ3v) is 3.12. The molecule has 3 aromatic rings. The van der Waals surface area contributed by atoms with E-state index in [1.807, 2.05) is 54.6 Å². The van der Waals surface area contributed by atoms with Gasteiger partial charge in [-0.3, -0.25) is 9.78 Å². The largest absolute Gasteiger partial charge is 0.354 e. The molecular weight excluding hydrogens is 262 g/mol. The van der Waals surface area contributed by atoms with Crippen molar-refractivity contribution in [2.75, 3.05) is 10.6 Å². The van der Waals surface area contributed by atoms with Gasteiger partial charge in [0, 0.05) is 29.9 Å². The van der Waals surface area contributed by atoms with Crippen LogP contribution in [0.3, 0.4) is 0 Å². The molecule has 0 saturated carbocycles. The van der Waals surface area contributed by atoms with Crippen LogP contribution in [0.15, 0.2) is 60.8 Å². The maximum absolute atomic E-state index is 11.0. The number of benzene rings is 2. The smallest absolute Gasteiger partial charge is 0.221 e. The summed E-state index contributed by atoms with van der Waals surface area (Å²) in [7, 11) is 0. The third kappa shape index (κ3) is 3.00. The number of aromatic nitrogens is 1. The first-order chi connectivity index (χ1) is 10.2. The van der Waals surface area contributed by atoms with Crippen molar-refractivity contribution in [1.29, 1.82) is 0 Å². The zero-order chi connectivity index (χ0) is 14.7. The Hall–Kier alpha value is -2.88. The van der Waals surface area contributed by atoms with E-state index in [9.17, 15) is 4.79 Å².